The van der Waals surface area contributed by atoms with Crippen molar-refractivity contribution >= 4 is 12.1 Å². The van der Waals surface area contributed by atoms with Crippen LogP contribution in [0.4, 0.5) is 4.79 Å². The van der Waals surface area contributed by atoms with Gasteiger partial charge in [0.25, 0.3) is 0 Å². The van der Waals surface area contributed by atoms with E-state index in [9.17, 15) is 4.79 Å². The van der Waals surface area contributed by atoms with E-state index in [1.807, 2.05) is 24.5 Å². The van der Waals surface area contributed by atoms with Crippen LogP contribution < -0.4 is 5.32 Å². The lowest BCUT2D eigenvalue weighted by Crippen LogP contribution is -2.12. The molecule has 1 amide bonds. The minimum atomic E-state index is -1.83. The Balaban J connectivity index is 0.000000202. The molecule has 15 heavy (non-hydrogen) atoms. The molecule has 1 fully saturated rings. The molecule has 4 N–H and O–H groups in total. The van der Waals surface area contributed by atoms with Gasteiger partial charge in [0.05, 0.1) is 0 Å². The lowest BCUT2D eigenvalue weighted by atomic mass is 10.4. The summed E-state index contributed by atoms with van der Waals surface area (Å²) in [4.78, 5) is 21.5. The molecule has 6 heteroatoms. The molecule has 0 radical (unpaired) electrons. The van der Waals surface area contributed by atoms with Gasteiger partial charge in [-0.25, -0.2) is 4.79 Å². The zero-order chi connectivity index (χ0) is 11.5. The Morgan fingerprint density at radius 1 is 1.27 bits per heavy atom. The summed E-state index contributed by atoms with van der Waals surface area (Å²) in [6.45, 7) is 0.888. The third kappa shape index (κ3) is 12.0. The first kappa shape index (κ1) is 13.0. The number of nitrogens with one attached hydrogen (secondary N) is 2. The van der Waals surface area contributed by atoms with Gasteiger partial charge < -0.3 is 20.5 Å². The van der Waals surface area contributed by atoms with E-state index in [4.69, 9.17) is 15.0 Å². The zero-order valence-corrected chi connectivity index (χ0v) is 8.14. The van der Waals surface area contributed by atoms with Gasteiger partial charge in [0, 0.05) is 25.4 Å². The predicted octanol–water partition coefficient (Wildman–Crippen LogP) is 1.13. The van der Waals surface area contributed by atoms with Crippen LogP contribution in [0.25, 0.3) is 0 Å². The third-order valence-corrected chi connectivity index (χ3v) is 1.40. The average molecular weight is 214 g/mol. The molecule has 1 aliphatic rings. The molecular weight excluding hydrogens is 200 g/mol. The molecule has 84 valence electrons. The summed E-state index contributed by atoms with van der Waals surface area (Å²) in [5, 5.41) is 16.6. The molecule has 0 bridgehead atoms. The second-order valence-corrected chi connectivity index (χ2v) is 2.62. The van der Waals surface area contributed by atoms with Crippen LogP contribution in [-0.2, 0) is 4.79 Å². The van der Waals surface area contributed by atoms with Gasteiger partial charge in [-0.05, 0) is 18.6 Å². The van der Waals surface area contributed by atoms with Crippen molar-refractivity contribution in [2.75, 3.05) is 6.54 Å². The van der Waals surface area contributed by atoms with Crippen molar-refractivity contribution < 1.29 is 19.8 Å². The first-order valence-corrected chi connectivity index (χ1v) is 4.39. The van der Waals surface area contributed by atoms with Crippen LogP contribution in [-0.4, -0.2) is 33.8 Å². The standard InChI is InChI=1S/C4H7NO.C4H5N.CH2O3/c6-4-2-1-3-5-4;1-2-4-5-3-1;2-1(3)4/h1-3H2,(H,5,6);1-5H;(H2,2,3,4). The number of aromatic amines is 1. The molecule has 2 heterocycles. The maximum Gasteiger partial charge on any atom is 0.503 e. The highest BCUT2D eigenvalue weighted by molar-refractivity contribution is 5.77. The lowest BCUT2D eigenvalue weighted by molar-refractivity contribution is -0.119. The Morgan fingerprint density at radius 2 is 1.80 bits per heavy atom. The molecule has 6 nitrogen and oxygen atoms in total. The summed E-state index contributed by atoms with van der Waals surface area (Å²) in [5.74, 6) is 0.204. The monoisotopic (exact) mass is 214 g/mol. The van der Waals surface area contributed by atoms with Crippen molar-refractivity contribution in [1.29, 1.82) is 0 Å². The number of hydrogen-bond acceptors (Lipinski definition) is 2. The molecule has 1 aromatic heterocycles. The average Bonchev–Trinajstić information content (AvgIpc) is 2.75. The van der Waals surface area contributed by atoms with Gasteiger partial charge in [-0.15, -0.1) is 0 Å². The van der Waals surface area contributed by atoms with Crippen LogP contribution >= 0.6 is 0 Å². The Labute approximate surface area is 86.9 Å². The largest absolute Gasteiger partial charge is 0.503 e. The number of rotatable bonds is 0. The van der Waals surface area contributed by atoms with Crippen molar-refractivity contribution in [2.24, 2.45) is 0 Å². The van der Waals surface area contributed by atoms with Gasteiger partial charge >= 0.3 is 6.16 Å². The van der Waals surface area contributed by atoms with Crippen LogP contribution in [0.15, 0.2) is 24.5 Å². The van der Waals surface area contributed by atoms with Crippen LogP contribution in [0.2, 0.25) is 0 Å². The maximum absolute atomic E-state index is 10.1. The van der Waals surface area contributed by atoms with Crippen LogP contribution in [0.3, 0.4) is 0 Å². The Morgan fingerprint density at radius 3 is 1.93 bits per heavy atom. The Kier molecular flexibility index (Phi) is 7.47. The number of aromatic nitrogens is 1. The number of carboxylic acid groups (broad SMARTS) is 2. The van der Waals surface area contributed by atoms with Crippen molar-refractivity contribution in [3.8, 4) is 0 Å². The highest BCUT2D eigenvalue weighted by atomic mass is 16.6. The number of amides is 1. The Hall–Kier alpha value is -1.98. The molecule has 2 rings (SSSR count). The summed E-state index contributed by atoms with van der Waals surface area (Å²) in [7, 11) is 0. The van der Waals surface area contributed by atoms with Crippen molar-refractivity contribution in [3.63, 3.8) is 0 Å². The molecule has 0 aliphatic carbocycles. The zero-order valence-electron chi connectivity index (χ0n) is 8.14. The predicted molar refractivity (Wildman–Crippen MR) is 53.7 cm³/mol. The van der Waals surface area contributed by atoms with E-state index >= 15 is 0 Å². The van der Waals surface area contributed by atoms with Crippen molar-refractivity contribution in [1.82, 2.24) is 10.3 Å². The van der Waals surface area contributed by atoms with E-state index in [1.54, 1.807) is 0 Å². The summed E-state index contributed by atoms with van der Waals surface area (Å²) in [5.41, 5.74) is 0. The minimum absolute atomic E-state index is 0.204. The highest BCUT2D eigenvalue weighted by Crippen LogP contribution is 1.93. The first-order chi connectivity index (χ1) is 7.13. The van der Waals surface area contributed by atoms with Crippen LogP contribution in [0, 0.1) is 0 Å². The van der Waals surface area contributed by atoms with E-state index < -0.39 is 6.16 Å². The number of H-pyrrole nitrogens is 1. The first-order valence-electron chi connectivity index (χ1n) is 4.39. The second-order valence-electron chi connectivity index (χ2n) is 2.62. The van der Waals surface area contributed by atoms with E-state index in [1.165, 1.54) is 0 Å². The van der Waals surface area contributed by atoms with Gasteiger partial charge in [0.1, 0.15) is 0 Å². The highest BCUT2D eigenvalue weighted by Gasteiger charge is 2.05. The SMILES string of the molecule is O=C(O)O.O=C1CCCN1.c1cc[nH]c1. The van der Waals surface area contributed by atoms with Gasteiger partial charge in [-0.1, -0.05) is 0 Å². The molecular formula is C9H14N2O4. The number of hydrogen-bond donors (Lipinski definition) is 4. The minimum Gasteiger partial charge on any atom is -0.450 e. The summed E-state index contributed by atoms with van der Waals surface area (Å²) >= 11 is 0. The molecule has 1 aliphatic heterocycles. The Bertz CT molecular complexity index is 242. The molecule has 0 atom stereocenters. The molecule has 0 saturated carbocycles. The lowest BCUT2D eigenvalue weighted by Gasteiger charge is -1.80. The fraction of sp³-hybridized carbons (Fsp3) is 0.333. The van der Waals surface area contributed by atoms with Gasteiger partial charge in [0.15, 0.2) is 0 Å². The fourth-order valence-corrected chi connectivity index (χ4v) is 0.843. The normalized spacial score (nSPS) is 12.7. The van der Waals surface area contributed by atoms with E-state index in [2.05, 4.69) is 10.3 Å². The van der Waals surface area contributed by atoms with E-state index in [0.717, 1.165) is 19.4 Å². The van der Waals surface area contributed by atoms with Crippen molar-refractivity contribution in [3.05, 3.63) is 24.5 Å². The summed E-state index contributed by atoms with van der Waals surface area (Å²) in [6, 6.07) is 3.89. The molecule has 0 aromatic carbocycles. The molecule has 1 aromatic rings. The summed E-state index contributed by atoms with van der Waals surface area (Å²) < 4.78 is 0. The van der Waals surface area contributed by atoms with Crippen LogP contribution in [0.1, 0.15) is 12.8 Å². The molecule has 0 unspecified atom stereocenters. The topological polar surface area (TPSA) is 102 Å². The van der Waals surface area contributed by atoms with Crippen molar-refractivity contribution in [2.45, 2.75) is 12.8 Å². The van der Waals surface area contributed by atoms with Gasteiger partial charge in [0.2, 0.25) is 5.91 Å². The van der Waals surface area contributed by atoms with Gasteiger partial charge in [-0.2, -0.15) is 0 Å². The quantitative estimate of drug-likeness (QED) is 0.519. The number of carbonyl (C=O) groups is 2. The van der Waals surface area contributed by atoms with Crippen LogP contribution in [0.5, 0.6) is 0 Å². The number of carbonyl (C=O) groups excluding carboxylic acids is 1. The molecule has 1 saturated heterocycles. The van der Waals surface area contributed by atoms with E-state index in [-0.39, 0.29) is 5.91 Å². The smallest absolute Gasteiger partial charge is 0.450 e. The summed E-state index contributed by atoms with van der Waals surface area (Å²) in [6.07, 6.45) is 3.68. The fourth-order valence-electron chi connectivity index (χ4n) is 0.843. The second kappa shape index (κ2) is 8.61. The van der Waals surface area contributed by atoms with Gasteiger partial charge in [-0.3, -0.25) is 4.79 Å². The van der Waals surface area contributed by atoms with E-state index in [0.29, 0.717) is 0 Å². The molecule has 0 spiro atoms. The maximum atomic E-state index is 10.1. The third-order valence-electron chi connectivity index (χ3n) is 1.40.